The zero-order chi connectivity index (χ0) is 16.3. The number of hydrogen-bond acceptors (Lipinski definition) is 3. The Hall–Kier alpha value is -2.17. The van der Waals surface area contributed by atoms with Crippen LogP contribution in [0.1, 0.15) is 26.3 Å². The number of likely N-dealkylation sites (N-methyl/N-ethyl adjacent to an activating group) is 1. The van der Waals surface area contributed by atoms with E-state index < -0.39 is 5.60 Å². The molecule has 0 aliphatic rings. The molecule has 0 atom stereocenters. The SMILES string of the molecule is COc1cccn2ccc(CCN(C)C(=O)OC(C)(C)C)c12. The molecule has 5 heteroatoms. The van der Waals surface area contributed by atoms with E-state index in [1.165, 1.54) is 0 Å². The molecule has 0 radical (unpaired) electrons. The normalized spacial score (nSPS) is 11.5. The number of ether oxygens (including phenoxy) is 2. The van der Waals surface area contributed by atoms with Crippen LogP contribution in [0.5, 0.6) is 5.75 Å². The van der Waals surface area contributed by atoms with Gasteiger partial charge in [-0.05, 0) is 51.0 Å². The Labute approximate surface area is 131 Å². The van der Waals surface area contributed by atoms with Gasteiger partial charge < -0.3 is 18.8 Å². The van der Waals surface area contributed by atoms with Crippen LogP contribution in [-0.4, -0.2) is 41.7 Å². The molecule has 2 rings (SSSR count). The van der Waals surface area contributed by atoms with Crippen molar-refractivity contribution in [3.63, 3.8) is 0 Å². The number of nitrogens with zero attached hydrogens (tertiary/aromatic N) is 2. The van der Waals surface area contributed by atoms with Crippen molar-refractivity contribution in [1.29, 1.82) is 0 Å². The van der Waals surface area contributed by atoms with Gasteiger partial charge in [0.1, 0.15) is 11.4 Å². The lowest BCUT2D eigenvalue weighted by Gasteiger charge is -2.24. The second kappa shape index (κ2) is 6.30. The lowest BCUT2D eigenvalue weighted by Crippen LogP contribution is -2.35. The van der Waals surface area contributed by atoms with Crippen LogP contribution in [0, 0.1) is 0 Å². The summed E-state index contributed by atoms with van der Waals surface area (Å²) in [6, 6.07) is 5.94. The Balaban J connectivity index is 2.07. The Morgan fingerprint density at radius 2 is 2.00 bits per heavy atom. The summed E-state index contributed by atoms with van der Waals surface area (Å²) >= 11 is 0. The molecule has 22 heavy (non-hydrogen) atoms. The molecule has 120 valence electrons. The molecule has 0 N–H and O–H groups in total. The van der Waals surface area contributed by atoms with Crippen LogP contribution in [0.15, 0.2) is 30.6 Å². The molecule has 2 aromatic rings. The first-order chi connectivity index (χ1) is 10.3. The van der Waals surface area contributed by atoms with E-state index in [0.717, 1.165) is 23.3 Å². The first-order valence-electron chi connectivity index (χ1n) is 7.38. The number of fused-ring (bicyclic) bond motifs is 1. The molecule has 5 nitrogen and oxygen atoms in total. The lowest BCUT2D eigenvalue weighted by molar-refractivity contribution is 0.0301. The second-order valence-electron chi connectivity index (χ2n) is 6.33. The summed E-state index contributed by atoms with van der Waals surface area (Å²) in [5.74, 6) is 0.836. The van der Waals surface area contributed by atoms with Gasteiger partial charge in [0, 0.05) is 26.0 Å². The predicted octanol–water partition coefficient (Wildman–Crippen LogP) is 3.36. The van der Waals surface area contributed by atoms with Gasteiger partial charge in [-0.15, -0.1) is 0 Å². The minimum Gasteiger partial charge on any atom is -0.495 e. The summed E-state index contributed by atoms with van der Waals surface area (Å²) in [5, 5.41) is 0. The molecular weight excluding hydrogens is 280 g/mol. The van der Waals surface area contributed by atoms with E-state index in [2.05, 4.69) is 6.07 Å². The summed E-state index contributed by atoms with van der Waals surface area (Å²) in [4.78, 5) is 13.6. The largest absolute Gasteiger partial charge is 0.495 e. The number of amides is 1. The highest BCUT2D eigenvalue weighted by Crippen LogP contribution is 2.24. The maximum absolute atomic E-state index is 12.0. The number of carbonyl (C=O) groups is 1. The van der Waals surface area contributed by atoms with Crippen molar-refractivity contribution < 1.29 is 14.3 Å². The van der Waals surface area contributed by atoms with Crippen LogP contribution in [-0.2, 0) is 11.2 Å². The van der Waals surface area contributed by atoms with Gasteiger partial charge in [0.2, 0.25) is 0 Å². The van der Waals surface area contributed by atoms with Gasteiger partial charge in [0.15, 0.2) is 0 Å². The van der Waals surface area contributed by atoms with E-state index in [0.29, 0.717) is 6.54 Å². The van der Waals surface area contributed by atoms with Crippen molar-refractivity contribution in [2.24, 2.45) is 0 Å². The monoisotopic (exact) mass is 304 g/mol. The highest BCUT2D eigenvalue weighted by molar-refractivity contribution is 5.68. The minimum atomic E-state index is -0.475. The molecule has 2 heterocycles. The zero-order valence-corrected chi connectivity index (χ0v) is 13.9. The van der Waals surface area contributed by atoms with Crippen molar-refractivity contribution >= 4 is 11.6 Å². The third-order valence-electron chi connectivity index (χ3n) is 3.37. The van der Waals surface area contributed by atoms with Crippen molar-refractivity contribution in [2.45, 2.75) is 32.8 Å². The molecule has 1 amide bonds. The van der Waals surface area contributed by atoms with Crippen LogP contribution >= 0.6 is 0 Å². The topological polar surface area (TPSA) is 43.2 Å². The van der Waals surface area contributed by atoms with Crippen LogP contribution in [0.4, 0.5) is 4.79 Å². The van der Waals surface area contributed by atoms with Gasteiger partial charge in [0.25, 0.3) is 0 Å². The van der Waals surface area contributed by atoms with Gasteiger partial charge in [-0.25, -0.2) is 4.79 Å². The Morgan fingerprint density at radius 3 is 2.64 bits per heavy atom. The quantitative estimate of drug-likeness (QED) is 0.870. The van der Waals surface area contributed by atoms with E-state index in [4.69, 9.17) is 9.47 Å². The summed E-state index contributed by atoms with van der Waals surface area (Å²) in [6.45, 7) is 6.19. The molecule has 0 saturated carbocycles. The average molecular weight is 304 g/mol. The number of rotatable bonds is 4. The molecule has 0 fully saturated rings. The fourth-order valence-electron chi connectivity index (χ4n) is 2.29. The van der Waals surface area contributed by atoms with Crippen molar-refractivity contribution in [1.82, 2.24) is 9.30 Å². The summed E-state index contributed by atoms with van der Waals surface area (Å²) in [7, 11) is 3.42. The van der Waals surface area contributed by atoms with Gasteiger partial charge in [-0.3, -0.25) is 0 Å². The van der Waals surface area contributed by atoms with Crippen LogP contribution in [0.2, 0.25) is 0 Å². The highest BCUT2D eigenvalue weighted by Gasteiger charge is 2.19. The van der Waals surface area contributed by atoms with E-state index in [-0.39, 0.29) is 6.09 Å². The number of methoxy groups -OCH3 is 1. The Kier molecular flexibility index (Phi) is 4.64. The standard InChI is InChI=1S/C17H24N2O3/c1-17(2,3)22-16(20)18(4)11-8-13-9-12-19-10-6-7-14(21-5)15(13)19/h6-7,9-10,12H,8,11H2,1-5H3. The molecule has 0 bridgehead atoms. The van der Waals surface area contributed by atoms with Gasteiger partial charge in [-0.1, -0.05) is 0 Å². The second-order valence-corrected chi connectivity index (χ2v) is 6.33. The van der Waals surface area contributed by atoms with Gasteiger partial charge >= 0.3 is 6.09 Å². The highest BCUT2D eigenvalue weighted by atomic mass is 16.6. The van der Waals surface area contributed by atoms with Crippen molar-refractivity contribution in [3.8, 4) is 5.75 Å². The number of aromatic nitrogens is 1. The van der Waals surface area contributed by atoms with E-state index >= 15 is 0 Å². The molecule has 2 aromatic heterocycles. The van der Waals surface area contributed by atoms with E-state index in [1.807, 2.05) is 49.7 Å². The number of hydrogen-bond donors (Lipinski definition) is 0. The Bertz CT molecular complexity index is 655. The van der Waals surface area contributed by atoms with Crippen molar-refractivity contribution in [3.05, 3.63) is 36.2 Å². The summed E-state index contributed by atoms with van der Waals surface area (Å²) in [6.07, 6.45) is 4.43. The van der Waals surface area contributed by atoms with Crippen molar-refractivity contribution in [2.75, 3.05) is 20.7 Å². The summed E-state index contributed by atoms with van der Waals surface area (Å²) in [5.41, 5.74) is 1.72. The lowest BCUT2D eigenvalue weighted by atomic mass is 10.2. The maximum Gasteiger partial charge on any atom is 0.410 e. The summed E-state index contributed by atoms with van der Waals surface area (Å²) < 4.78 is 12.8. The van der Waals surface area contributed by atoms with E-state index in [9.17, 15) is 4.79 Å². The van der Waals surface area contributed by atoms with Crippen LogP contribution < -0.4 is 4.74 Å². The molecule has 0 saturated heterocycles. The van der Waals surface area contributed by atoms with Gasteiger partial charge in [-0.2, -0.15) is 0 Å². The minimum absolute atomic E-state index is 0.303. The van der Waals surface area contributed by atoms with Crippen LogP contribution in [0.3, 0.4) is 0 Å². The Morgan fingerprint density at radius 1 is 1.27 bits per heavy atom. The van der Waals surface area contributed by atoms with E-state index in [1.54, 1.807) is 19.1 Å². The third-order valence-corrected chi connectivity index (χ3v) is 3.37. The molecule has 0 unspecified atom stereocenters. The molecule has 0 aliphatic heterocycles. The molecule has 0 spiro atoms. The fraction of sp³-hybridized carbons (Fsp3) is 0.471. The predicted molar refractivity (Wildman–Crippen MR) is 86.5 cm³/mol. The van der Waals surface area contributed by atoms with Crippen LogP contribution in [0.25, 0.3) is 5.52 Å². The molecular formula is C17H24N2O3. The number of pyridine rings is 1. The van der Waals surface area contributed by atoms with Gasteiger partial charge in [0.05, 0.1) is 12.6 Å². The fourth-order valence-corrected chi connectivity index (χ4v) is 2.29. The third kappa shape index (κ3) is 3.72. The first-order valence-corrected chi connectivity index (χ1v) is 7.38. The average Bonchev–Trinajstić information content (AvgIpc) is 2.86. The zero-order valence-electron chi connectivity index (χ0n) is 13.9. The number of carbonyl (C=O) groups excluding carboxylic acids is 1. The smallest absolute Gasteiger partial charge is 0.410 e. The first kappa shape index (κ1) is 16.2. The maximum atomic E-state index is 12.0. The molecule has 0 aliphatic carbocycles. The molecule has 0 aromatic carbocycles.